The van der Waals surface area contributed by atoms with Crippen LogP contribution < -0.4 is 5.32 Å². The Labute approximate surface area is 166 Å². The number of nitrogens with one attached hydrogen (secondary N) is 1. The minimum atomic E-state index is 0.0514. The van der Waals surface area contributed by atoms with E-state index in [-0.39, 0.29) is 5.91 Å². The fourth-order valence-corrected chi connectivity index (χ4v) is 3.14. The number of ether oxygens (including phenoxy) is 1. The Balaban J connectivity index is 1.58. The Bertz CT molecular complexity index is 887. The van der Waals surface area contributed by atoms with E-state index in [9.17, 15) is 4.79 Å². The largest absolute Gasteiger partial charge is 0.381 e. The van der Waals surface area contributed by atoms with Crippen LogP contribution in [0.2, 0.25) is 0 Å². The van der Waals surface area contributed by atoms with Gasteiger partial charge in [-0.05, 0) is 36.6 Å². The van der Waals surface area contributed by atoms with Crippen LogP contribution in [0.5, 0.6) is 0 Å². The molecule has 0 atom stereocenters. The van der Waals surface area contributed by atoms with E-state index in [1.165, 1.54) is 0 Å². The first-order valence-corrected chi connectivity index (χ1v) is 10.0. The lowest BCUT2D eigenvalue weighted by Crippen LogP contribution is -2.26. The maximum atomic E-state index is 12.2. The summed E-state index contributed by atoms with van der Waals surface area (Å²) in [6.07, 6.45) is 1.85. The lowest BCUT2D eigenvalue weighted by Gasteiger charge is -2.10. The first-order valence-electron chi connectivity index (χ1n) is 10.0. The van der Waals surface area contributed by atoms with Gasteiger partial charge >= 0.3 is 0 Å². The van der Waals surface area contributed by atoms with Crippen molar-refractivity contribution in [2.75, 3.05) is 19.8 Å². The number of aryl methyl sites for hydroxylation is 1. The highest BCUT2D eigenvalue weighted by molar-refractivity contribution is 5.79. The molecule has 0 bridgehead atoms. The number of carbonyl (C=O) groups is 1. The van der Waals surface area contributed by atoms with Crippen molar-refractivity contribution < 1.29 is 9.53 Å². The number of hydrogen-bond acceptors (Lipinski definition) is 3. The summed E-state index contributed by atoms with van der Waals surface area (Å²) >= 11 is 0. The second kappa shape index (κ2) is 10.0. The molecule has 5 nitrogen and oxygen atoms in total. The molecule has 3 rings (SSSR count). The maximum absolute atomic E-state index is 12.2. The zero-order valence-corrected chi connectivity index (χ0v) is 16.7. The van der Waals surface area contributed by atoms with Gasteiger partial charge in [-0.2, -0.15) is 0 Å². The Kier molecular flexibility index (Phi) is 7.20. The first-order chi connectivity index (χ1) is 13.6. The Morgan fingerprint density at radius 3 is 2.64 bits per heavy atom. The molecule has 0 unspecified atom stereocenters. The van der Waals surface area contributed by atoms with Gasteiger partial charge in [0, 0.05) is 38.3 Å². The predicted molar refractivity (Wildman–Crippen MR) is 113 cm³/mol. The van der Waals surface area contributed by atoms with Crippen LogP contribution >= 0.6 is 0 Å². The smallest absolute Gasteiger partial charge is 0.220 e. The van der Waals surface area contributed by atoms with Crippen LogP contribution in [-0.4, -0.2) is 35.2 Å². The lowest BCUT2D eigenvalue weighted by molar-refractivity contribution is -0.121. The molecule has 0 aliphatic carbocycles. The Morgan fingerprint density at radius 2 is 1.86 bits per heavy atom. The summed E-state index contributed by atoms with van der Waals surface area (Å²) in [5, 5.41) is 2.98. The van der Waals surface area contributed by atoms with Crippen molar-refractivity contribution in [1.29, 1.82) is 0 Å². The van der Waals surface area contributed by atoms with Gasteiger partial charge in [-0.1, -0.05) is 44.2 Å². The molecule has 0 spiro atoms. The highest BCUT2D eigenvalue weighted by Gasteiger charge is 2.13. The summed E-state index contributed by atoms with van der Waals surface area (Å²) in [4.78, 5) is 17.0. The van der Waals surface area contributed by atoms with E-state index in [0.717, 1.165) is 35.6 Å². The normalized spacial score (nSPS) is 11.2. The van der Waals surface area contributed by atoms with E-state index in [1.807, 2.05) is 36.4 Å². The molecular weight excluding hydrogens is 350 g/mol. The van der Waals surface area contributed by atoms with Crippen molar-refractivity contribution >= 4 is 16.9 Å². The standard InChI is InChI=1S/C23H29N3O2/c1-18(2)17-28-16-8-15-24-23(27)14-13-22-25-20-11-6-7-12-21(20)26(22)19-9-4-3-5-10-19/h3-7,9-12,18H,8,13-17H2,1-2H3,(H,24,27). The van der Waals surface area contributed by atoms with Crippen LogP contribution in [0.3, 0.4) is 0 Å². The quantitative estimate of drug-likeness (QED) is 0.539. The molecule has 1 heterocycles. The summed E-state index contributed by atoms with van der Waals surface area (Å²) in [6, 6.07) is 18.2. The molecule has 2 aromatic carbocycles. The van der Waals surface area contributed by atoms with Crippen molar-refractivity contribution in [2.24, 2.45) is 5.92 Å². The van der Waals surface area contributed by atoms with Gasteiger partial charge in [0.2, 0.25) is 5.91 Å². The van der Waals surface area contributed by atoms with E-state index >= 15 is 0 Å². The van der Waals surface area contributed by atoms with Crippen LogP contribution in [0, 0.1) is 5.92 Å². The van der Waals surface area contributed by atoms with E-state index < -0.39 is 0 Å². The van der Waals surface area contributed by atoms with Crippen molar-refractivity contribution in [3.63, 3.8) is 0 Å². The van der Waals surface area contributed by atoms with E-state index in [2.05, 4.69) is 41.9 Å². The van der Waals surface area contributed by atoms with Gasteiger partial charge in [0.05, 0.1) is 11.0 Å². The van der Waals surface area contributed by atoms with Gasteiger partial charge in [-0.15, -0.1) is 0 Å². The summed E-state index contributed by atoms with van der Waals surface area (Å²) < 4.78 is 7.68. The Morgan fingerprint density at radius 1 is 1.11 bits per heavy atom. The van der Waals surface area contributed by atoms with Crippen LogP contribution in [0.4, 0.5) is 0 Å². The highest BCUT2D eigenvalue weighted by atomic mass is 16.5. The van der Waals surface area contributed by atoms with E-state index in [4.69, 9.17) is 9.72 Å². The molecule has 1 aromatic heterocycles. The fourth-order valence-electron chi connectivity index (χ4n) is 3.14. The zero-order chi connectivity index (χ0) is 19.8. The van der Waals surface area contributed by atoms with Crippen LogP contribution in [0.15, 0.2) is 54.6 Å². The van der Waals surface area contributed by atoms with E-state index in [1.54, 1.807) is 0 Å². The SMILES string of the molecule is CC(C)COCCCNC(=O)CCc1nc2ccccc2n1-c1ccccc1. The summed E-state index contributed by atoms with van der Waals surface area (Å²) in [7, 11) is 0. The molecule has 0 fully saturated rings. The number of nitrogens with zero attached hydrogens (tertiary/aromatic N) is 2. The number of amides is 1. The van der Waals surface area contributed by atoms with Gasteiger partial charge in [-0.3, -0.25) is 9.36 Å². The van der Waals surface area contributed by atoms with Crippen molar-refractivity contribution in [1.82, 2.24) is 14.9 Å². The third-order valence-electron chi connectivity index (χ3n) is 4.46. The van der Waals surface area contributed by atoms with Gasteiger partial charge in [-0.25, -0.2) is 4.98 Å². The van der Waals surface area contributed by atoms with Crippen LogP contribution in [0.25, 0.3) is 16.7 Å². The average molecular weight is 380 g/mol. The number of fused-ring (bicyclic) bond motifs is 1. The monoisotopic (exact) mass is 379 g/mol. The van der Waals surface area contributed by atoms with Gasteiger partial charge in [0.1, 0.15) is 5.82 Å². The van der Waals surface area contributed by atoms with Gasteiger partial charge in [0.15, 0.2) is 0 Å². The third-order valence-corrected chi connectivity index (χ3v) is 4.46. The molecule has 1 amide bonds. The zero-order valence-electron chi connectivity index (χ0n) is 16.7. The minimum Gasteiger partial charge on any atom is -0.381 e. The minimum absolute atomic E-state index is 0.0514. The summed E-state index contributed by atoms with van der Waals surface area (Å²) in [5.41, 5.74) is 3.07. The molecule has 0 saturated heterocycles. The molecule has 0 aliphatic heterocycles. The molecular formula is C23H29N3O2. The van der Waals surface area contributed by atoms with Crippen molar-refractivity contribution in [3.05, 3.63) is 60.4 Å². The molecule has 0 radical (unpaired) electrons. The topological polar surface area (TPSA) is 56.1 Å². The third kappa shape index (κ3) is 5.42. The molecule has 5 heteroatoms. The van der Waals surface area contributed by atoms with E-state index in [0.29, 0.717) is 31.9 Å². The second-order valence-corrected chi connectivity index (χ2v) is 7.36. The molecule has 1 N–H and O–H groups in total. The van der Waals surface area contributed by atoms with Crippen LogP contribution in [-0.2, 0) is 16.0 Å². The maximum Gasteiger partial charge on any atom is 0.220 e. The van der Waals surface area contributed by atoms with Gasteiger partial charge < -0.3 is 10.1 Å². The number of aromatic nitrogens is 2. The molecule has 28 heavy (non-hydrogen) atoms. The molecule has 0 saturated carbocycles. The Hall–Kier alpha value is -2.66. The van der Waals surface area contributed by atoms with Crippen molar-refractivity contribution in [3.8, 4) is 5.69 Å². The first kappa shape index (κ1) is 20.1. The van der Waals surface area contributed by atoms with Crippen LogP contribution in [0.1, 0.15) is 32.5 Å². The molecule has 3 aromatic rings. The number of carbonyl (C=O) groups excluding carboxylic acids is 1. The van der Waals surface area contributed by atoms with Gasteiger partial charge in [0.25, 0.3) is 0 Å². The number of imidazole rings is 1. The number of rotatable bonds is 10. The number of benzene rings is 2. The number of hydrogen-bond donors (Lipinski definition) is 1. The van der Waals surface area contributed by atoms with Crippen molar-refractivity contribution in [2.45, 2.75) is 33.1 Å². The highest BCUT2D eigenvalue weighted by Crippen LogP contribution is 2.22. The summed E-state index contributed by atoms with van der Waals surface area (Å²) in [5.74, 6) is 1.50. The average Bonchev–Trinajstić information content (AvgIpc) is 3.08. The number of para-hydroxylation sites is 3. The summed E-state index contributed by atoms with van der Waals surface area (Å²) in [6.45, 7) is 6.35. The molecule has 148 valence electrons. The predicted octanol–water partition coefficient (Wildman–Crippen LogP) is 4.14. The fraction of sp³-hybridized carbons (Fsp3) is 0.391. The molecule has 0 aliphatic rings. The second-order valence-electron chi connectivity index (χ2n) is 7.36. The lowest BCUT2D eigenvalue weighted by atomic mass is 10.2.